The maximum atomic E-state index is 11.4. The van der Waals surface area contributed by atoms with Gasteiger partial charge in [-0.15, -0.1) is 0 Å². The van der Waals surface area contributed by atoms with E-state index in [2.05, 4.69) is 5.32 Å². The zero-order valence-corrected chi connectivity index (χ0v) is 11.3. The van der Waals surface area contributed by atoms with Gasteiger partial charge in [-0.2, -0.15) is 0 Å². The molecule has 2 unspecified atom stereocenters. The van der Waals surface area contributed by atoms with Crippen molar-refractivity contribution in [3.05, 3.63) is 39.9 Å². The summed E-state index contributed by atoms with van der Waals surface area (Å²) in [6, 6.07) is 5.62. The van der Waals surface area contributed by atoms with Crippen LogP contribution in [0.25, 0.3) is 0 Å². The molecule has 0 aliphatic rings. The van der Waals surface area contributed by atoms with Gasteiger partial charge in [-0.05, 0) is 12.8 Å². The molecular formula is C13H19N3O3. The van der Waals surface area contributed by atoms with Crippen LogP contribution in [0, 0.1) is 16.0 Å². The van der Waals surface area contributed by atoms with Crippen LogP contribution in [-0.2, 0) is 4.79 Å². The van der Waals surface area contributed by atoms with Crippen molar-refractivity contribution < 1.29 is 9.72 Å². The summed E-state index contributed by atoms with van der Waals surface area (Å²) in [7, 11) is 0. The van der Waals surface area contributed by atoms with E-state index < -0.39 is 16.9 Å². The Morgan fingerprint density at radius 1 is 1.32 bits per heavy atom. The number of amides is 1. The molecule has 1 aromatic carbocycles. The summed E-state index contributed by atoms with van der Waals surface area (Å²) in [5, 5.41) is 14.0. The summed E-state index contributed by atoms with van der Waals surface area (Å²) >= 11 is 0. The fourth-order valence-electron chi connectivity index (χ4n) is 1.98. The molecule has 0 radical (unpaired) electrons. The normalized spacial score (nSPS) is 14.1. The van der Waals surface area contributed by atoms with Crippen LogP contribution in [0.5, 0.6) is 0 Å². The molecule has 19 heavy (non-hydrogen) atoms. The molecule has 6 heteroatoms. The van der Waals surface area contributed by atoms with Gasteiger partial charge >= 0.3 is 0 Å². The number of para-hydroxylation sites is 1. The smallest absolute Gasteiger partial charge is 0.274 e. The summed E-state index contributed by atoms with van der Waals surface area (Å²) in [6.45, 7) is 5.52. The van der Waals surface area contributed by atoms with Gasteiger partial charge in [-0.25, -0.2) is 0 Å². The van der Waals surface area contributed by atoms with E-state index in [1.54, 1.807) is 25.1 Å². The Bertz CT molecular complexity index is 474. The average Bonchev–Trinajstić information content (AvgIpc) is 2.34. The second kappa shape index (κ2) is 6.29. The van der Waals surface area contributed by atoms with Crippen LogP contribution < -0.4 is 11.1 Å². The fraction of sp³-hybridized carbons (Fsp3) is 0.462. The monoisotopic (exact) mass is 265 g/mol. The van der Waals surface area contributed by atoms with E-state index in [9.17, 15) is 14.9 Å². The number of benzene rings is 1. The number of rotatable bonds is 6. The minimum absolute atomic E-state index is 0.0164. The fourth-order valence-corrected chi connectivity index (χ4v) is 1.98. The largest absolute Gasteiger partial charge is 0.368 e. The van der Waals surface area contributed by atoms with Crippen LogP contribution in [0.1, 0.15) is 32.4 Å². The van der Waals surface area contributed by atoms with Crippen LogP contribution in [0.3, 0.4) is 0 Å². The number of carbonyl (C=O) groups excluding carboxylic acids is 1. The molecule has 0 spiro atoms. The lowest BCUT2D eigenvalue weighted by Gasteiger charge is -2.23. The van der Waals surface area contributed by atoms with Crippen LogP contribution in [0.2, 0.25) is 0 Å². The Kier molecular flexibility index (Phi) is 5.00. The van der Waals surface area contributed by atoms with E-state index in [0.29, 0.717) is 5.56 Å². The lowest BCUT2D eigenvalue weighted by molar-refractivity contribution is -0.385. The van der Waals surface area contributed by atoms with Gasteiger partial charge in [0.1, 0.15) is 0 Å². The highest BCUT2D eigenvalue weighted by Crippen LogP contribution is 2.25. The highest BCUT2D eigenvalue weighted by Gasteiger charge is 2.25. The first-order valence-electron chi connectivity index (χ1n) is 6.13. The molecule has 0 aromatic heterocycles. The van der Waals surface area contributed by atoms with E-state index in [-0.39, 0.29) is 17.6 Å². The molecule has 1 rings (SSSR count). The molecule has 0 heterocycles. The minimum atomic E-state index is -0.519. The maximum absolute atomic E-state index is 11.4. The summed E-state index contributed by atoms with van der Waals surface area (Å²) in [6.07, 6.45) is 0. The van der Waals surface area contributed by atoms with Crippen LogP contribution in [0.4, 0.5) is 5.69 Å². The number of carbonyl (C=O) groups is 1. The Labute approximate surface area is 112 Å². The zero-order valence-electron chi connectivity index (χ0n) is 11.3. The molecule has 0 saturated heterocycles. The predicted molar refractivity (Wildman–Crippen MR) is 72.5 cm³/mol. The van der Waals surface area contributed by atoms with Crippen molar-refractivity contribution in [3.8, 4) is 0 Å². The molecule has 0 fully saturated rings. The number of hydrogen-bond donors (Lipinski definition) is 2. The second-order valence-electron chi connectivity index (χ2n) is 4.83. The van der Waals surface area contributed by atoms with Crippen LogP contribution >= 0.6 is 0 Å². The second-order valence-corrected chi connectivity index (χ2v) is 4.83. The number of nitrogens with two attached hydrogens (primary N) is 1. The predicted octanol–water partition coefficient (Wildman–Crippen LogP) is 1.76. The van der Waals surface area contributed by atoms with Gasteiger partial charge in [-0.3, -0.25) is 20.2 Å². The summed E-state index contributed by atoms with van der Waals surface area (Å²) < 4.78 is 0. The van der Waals surface area contributed by atoms with Gasteiger partial charge < -0.3 is 5.73 Å². The number of nitrogens with one attached hydrogen (secondary N) is 1. The van der Waals surface area contributed by atoms with Crippen LogP contribution in [0.15, 0.2) is 24.3 Å². The van der Waals surface area contributed by atoms with Crippen molar-refractivity contribution in [1.29, 1.82) is 0 Å². The van der Waals surface area contributed by atoms with E-state index in [1.807, 2.05) is 13.8 Å². The molecule has 0 bridgehead atoms. The van der Waals surface area contributed by atoms with Gasteiger partial charge in [0.25, 0.3) is 5.69 Å². The van der Waals surface area contributed by atoms with Crippen molar-refractivity contribution in [2.24, 2.45) is 11.7 Å². The van der Waals surface area contributed by atoms with Gasteiger partial charge in [0, 0.05) is 17.7 Å². The molecule has 0 saturated carbocycles. The zero-order chi connectivity index (χ0) is 14.6. The molecular weight excluding hydrogens is 246 g/mol. The van der Waals surface area contributed by atoms with Gasteiger partial charge in [0.05, 0.1) is 11.0 Å². The van der Waals surface area contributed by atoms with E-state index in [0.717, 1.165) is 0 Å². The Hall–Kier alpha value is -1.95. The lowest BCUT2D eigenvalue weighted by Crippen LogP contribution is -2.46. The molecule has 1 aromatic rings. The third kappa shape index (κ3) is 3.75. The highest BCUT2D eigenvalue weighted by molar-refractivity contribution is 5.80. The third-order valence-electron chi connectivity index (χ3n) is 3.00. The Morgan fingerprint density at radius 2 is 1.89 bits per heavy atom. The van der Waals surface area contributed by atoms with Crippen molar-refractivity contribution in [1.82, 2.24) is 5.32 Å². The average molecular weight is 265 g/mol. The third-order valence-corrected chi connectivity index (χ3v) is 3.00. The molecule has 3 N–H and O–H groups in total. The molecule has 0 aliphatic carbocycles. The quantitative estimate of drug-likeness (QED) is 0.604. The summed E-state index contributed by atoms with van der Waals surface area (Å²) in [4.78, 5) is 21.9. The molecule has 2 atom stereocenters. The van der Waals surface area contributed by atoms with Gasteiger partial charge in [0.2, 0.25) is 5.91 Å². The first-order valence-corrected chi connectivity index (χ1v) is 6.13. The molecule has 1 amide bonds. The Balaban J connectivity index is 2.97. The number of nitro groups is 1. The van der Waals surface area contributed by atoms with E-state index in [1.165, 1.54) is 6.07 Å². The standard InChI is InChI=1S/C13H19N3O3/c1-8(2)12(13(14)17)15-9(3)10-6-4-5-7-11(10)16(18)19/h4-9,12,15H,1-3H3,(H2,14,17). The number of nitro benzene ring substituents is 1. The van der Waals surface area contributed by atoms with Crippen molar-refractivity contribution in [3.63, 3.8) is 0 Å². The molecule has 6 nitrogen and oxygen atoms in total. The van der Waals surface area contributed by atoms with Crippen molar-refractivity contribution in [2.45, 2.75) is 32.9 Å². The molecule has 104 valence electrons. The lowest BCUT2D eigenvalue weighted by atomic mass is 10.00. The summed E-state index contributed by atoms with van der Waals surface area (Å²) in [5.74, 6) is -0.442. The van der Waals surface area contributed by atoms with Crippen molar-refractivity contribution in [2.75, 3.05) is 0 Å². The van der Waals surface area contributed by atoms with Crippen molar-refractivity contribution >= 4 is 11.6 Å². The molecule has 0 aliphatic heterocycles. The SMILES string of the molecule is CC(NC(C(N)=O)C(C)C)c1ccccc1[N+](=O)[O-]. The topological polar surface area (TPSA) is 98.3 Å². The van der Waals surface area contributed by atoms with E-state index in [4.69, 9.17) is 5.73 Å². The summed E-state index contributed by atoms with van der Waals surface area (Å²) in [5.41, 5.74) is 5.90. The first-order chi connectivity index (χ1) is 8.84. The number of primary amides is 1. The van der Waals surface area contributed by atoms with Crippen LogP contribution in [-0.4, -0.2) is 16.9 Å². The van der Waals surface area contributed by atoms with Gasteiger partial charge in [-0.1, -0.05) is 32.0 Å². The first kappa shape index (κ1) is 15.1. The number of hydrogen-bond acceptors (Lipinski definition) is 4. The maximum Gasteiger partial charge on any atom is 0.274 e. The Morgan fingerprint density at radius 3 is 2.37 bits per heavy atom. The van der Waals surface area contributed by atoms with E-state index >= 15 is 0 Å². The number of nitrogens with zero attached hydrogens (tertiary/aromatic N) is 1. The highest BCUT2D eigenvalue weighted by atomic mass is 16.6. The van der Waals surface area contributed by atoms with Gasteiger partial charge in [0.15, 0.2) is 0 Å². The minimum Gasteiger partial charge on any atom is -0.368 e.